The predicted molar refractivity (Wildman–Crippen MR) is 74.4 cm³/mol. The maximum atomic E-state index is 11.9. The number of amides is 1. The summed E-state index contributed by atoms with van der Waals surface area (Å²) < 4.78 is 0.777. The average molecular weight is 320 g/mol. The maximum absolute atomic E-state index is 11.9. The summed E-state index contributed by atoms with van der Waals surface area (Å²) in [6.45, 7) is 2.51. The minimum Gasteiger partial charge on any atom is -0.348 e. The molecule has 0 aliphatic rings. The molecule has 3 N–H and O–H groups in total. The van der Waals surface area contributed by atoms with Crippen LogP contribution in [0.5, 0.6) is 0 Å². The number of benzene rings is 1. The molecule has 1 atom stereocenters. The van der Waals surface area contributed by atoms with Crippen molar-refractivity contribution in [3.63, 3.8) is 0 Å². The highest BCUT2D eigenvalue weighted by molar-refractivity contribution is 9.10. The third-order valence-electron chi connectivity index (χ3n) is 2.44. The van der Waals surface area contributed by atoms with Gasteiger partial charge in [-0.15, -0.1) is 0 Å². The van der Waals surface area contributed by atoms with Crippen molar-refractivity contribution in [2.24, 2.45) is 5.73 Å². The van der Waals surface area contributed by atoms with Crippen LogP contribution in [0.25, 0.3) is 0 Å². The number of hydrogen-bond acceptors (Lipinski definition) is 2. The van der Waals surface area contributed by atoms with Gasteiger partial charge in [0.2, 0.25) is 0 Å². The van der Waals surface area contributed by atoms with Gasteiger partial charge in [0.15, 0.2) is 0 Å². The smallest absolute Gasteiger partial charge is 0.251 e. The van der Waals surface area contributed by atoms with Crippen LogP contribution in [-0.2, 0) is 0 Å². The van der Waals surface area contributed by atoms with Crippen LogP contribution in [0, 0.1) is 0 Å². The summed E-state index contributed by atoms with van der Waals surface area (Å²) in [6, 6.07) is 5.15. The number of hydrogen-bond donors (Lipinski definition) is 2. The van der Waals surface area contributed by atoms with E-state index >= 15 is 0 Å². The SMILES string of the molecule is CCCC(CN)NC(=O)c1ccc(Br)c(Cl)c1. The molecule has 1 amide bonds. The van der Waals surface area contributed by atoms with Gasteiger partial charge in [-0.3, -0.25) is 4.79 Å². The molecule has 0 heterocycles. The molecule has 0 radical (unpaired) electrons. The molecule has 94 valence electrons. The molecule has 0 bridgehead atoms. The minimum absolute atomic E-state index is 0.0231. The third-order valence-corrected chi connectivity index (χ3v) is 3.67. The van der Waals surface area contributed by atoms with Gasteiger partial charge in [0.25, 0.3) is 5.91 Å². The van der Waals surface area contributed by atoms with Crippen molar-refractivity contribution in [3.8, 4) is 0 Å². The molecule has 0 aromatic heterocycles. The van der Waals surface area contributed by atoms with Crippen molar-refractivity contribution in [2.75, 3.05) is 6.54 Å². The number of carbonyl (C=O) groups excluding carboxylic acids is 1. The lowest BCUT2D eigenvalue weighted by molar-refractivity contribution is 0.0936. The van der Waals surface area contributed by atoms with Gasteiger partial charge in [0.1, 0.15) is 0 Å². The fourth-order valence-corrected chi connectivity index (χ4v) is 1.93. The first-order valence-corrected chi connectivity index (χ1v) is 6.71. The summed E-state index contributed by atoms with van der Waals surface area (Å²) in [5.41, 5.74) is 6.14. The normalized spacial score (nSPS) is 12.2. The fourth-order valence-electron chi connectivity index (χ4n) is 1.50. The summed E-state index contributed by atoms with van der Waals surface area (Å²) in [5, 5.41) is 3.42. The van der Waals surface area contributed by atoms with Crippen LogP contribution in [0.1, 0.15) is 30.1 Å². The van der Waals surface area contributed by atoms with E-state index in [1.54, 1.807) is 18.2 Å². The number of halogens is 2. The molecule has 1 aromatic carbocycles. The topological polar surface area (TPSA) is 55.1 Å². The zero-order valence-corrected chi connectivity index (χ0v) is 12.0. The van der Waals surface area contributed by atoms with E-state index in [0.717, 1.165) is 17.3 Å². The quantitative estimate of drug-likeness (QED) is 0.876. The average Bonchev–Trinajstić information content (AvgIpc) is 2.31. The van der Waals surface area contributed by atoms with E-state index in [4.69, 9.17) is 17.3 Å². The molecule has 0 saturated heterocycles. The summed E-state index contributed by atoms with van der Waals surface area (Å²) in [5.74, 6) is -0.136. The second-order valence-corrected chi connectivity index (χ2v) is 5.09. The van der Waals surface area contributed by atoms with Gasteiger partial charge in [-0.05, 0) is 40.5 Å². The van der Waals surface area contributed by atoms with E-state index in [2.05, 4.69) is 28.2 Å². The summed E-state index contributed by atoms with van der Waals surface area (Å²) >= 11 is 9.22. The number of nitrogens with two attached hydrogens (primary N) is 1. The van der Waals surface area contributed by atoms with Crippen LogP contribution in [0.4, 0.5) is 0 Å². The van der Waals surface area contributed by atoms with Crippen molar-refractivity contribution in [1.29, 1.82) is 0 Å². The van der Waals surface area contributed by atoms with Crippen LogP contribution >= 0.6 is 27.5 Å². The van der Waals surface area contributed by atoms with Crippen molar-refractivity contribution in [2.45, 2.75) is 25.8 Å². The molecule has 17 heavy (non-hydrogen) atoms. The molecule has 1 aromatic rings. The highest BCUT2D eigenvalue weighted by Gasteiger charge is 2.12. The Balaban J connectivity index is 2.72. The number of carbonyl (C=O) groups is 1. The third kappa shape index (κ3) is 4.30. The zero-order valence-electron chi connectivity index (χ0n) is 9.67. The maximum Gasteiger partial charge on any atom is 0.251 e. The van der Waals surface area contributed by atoms with Gasteiger partial charge in [0.05, 0.1) is 5.02 Å². The van der Waals surface area contributed by atoms with Crippen LogP contribution in [-0.4, -0.2) is 18.5 Å². The molecule has 1 unspecified atom stereocenters. The molecular weight excluding hydrogens is 304 g/mol. The van der Waals surface area contributed by atoms with Gasteiger partial charge >= 0.3 is 0 Å². The Labute approximate surface area is 115 Å². The molecule has 0 spiro atoms. The predicted octanol–water partition coefficient (Wildman–Crippen LogP) is 2.96. The van der Waals surface area contributed by atoms with Gasteiger partial charge in [-0.2, -0.15) is 0 Å². The van der Waals surface area contributed by atoms with Crippen LogP contribution < -0.4 is 11.1 Å². The highest BCUT2D eigenvalue weighted by Crippen LogP contribution is 2.23. The number of rotatable bonds is 5. The molecular formula is C12H16BrClN2O. The van der Waals surface area contributed by atoms with E-state index in [1.165, 1.54) is 0 Å². The zero-order chi connectivity index (χ0) is 12.8. The first kappa shape index (κ1) is 14.5. The Bertz CT molecular complexity index is 398. The van der Waals surface area contributed by atoms with E-state index in [1.807, 2.05) is 0 Å². The van der Waals surface area contributed by atoms with Crippen molar-refractivity contribution in [1.82, 2.24) is 5.32 Å². The molecule has 0 aliphatic carbocycles. The summed E-state index contributed by atoms with van der Waals surface area (Å²) in [4.78, 5) is 11.9. The fraction of sp³-hybridized carbons (Fsp3) is 0.417. The van der Waals surface area contributed by atoms with E-state index in [-0.39, 0.29) is 11.9 Å². The first-order chi connectivity index (χ1) is 8.08. The Kier molecular flexibility index (Phi) is 5.95. The Morgan fingerprint density at radius 3 is 2.82 bits per heavy atom. The Morgan fingerprint density at radius 1 is 1.59 bits per heavy atom. The second-order valence-electron chi connectivity index (χ2n) is 3.82. The van der Waals surface area contributed by atoms with Crippen molar-refractivity contribution >= 4 is 33.4 Å². The van der Waals surface area contributed by atoms with Crippen molar-refractivity contribution in [3.05, 3.63) is 33.3 Å². The Morgan fingerprint density at radius 2 is 2.29 bits per heavy atom. The monoisotopic (exact) mass is 318 g/mol. The standard InChI is InChI=1S/C12H16BrClN2O/c1-2-3-9(7-15)16-12(17)8-4-5-10(13)11(14)6-8/h4-6,9H,2-3,7,15H2,1H3,(H,16,17). The van der Waals surface area contributed by atoms with E-state index in [9.17, 15) is 4.79 Å². The lowest BCUT2D eigenvalue weighted by Crippen LogP contribution is -2.40. The molecule has 1 rings (SSSR count). The van der Waals surface area contributed by atoms with Crippen LogP contribution in [0.2, 0.25) is 5.02 Å². The largest absolute Gasteiger partial charge is 0.348 e. The van der Waals surface area contributed by atoms with E-state index in [0.29, 0.717) is 17.1 Å². The highest BCUT2D eigenvalue weighted by atomic mass is 79.9. The van der Waals surface area contributed by atoms with Crippen LogP contribution in [0.3, 0.4) is 0 Å². The molecule has 3 nitrogen and oxygen atoms in total. The molecule has 5 heteroatoms. The van der Waals surface area contributed by atoms with E-state index < -0.39 is 0 Å². The Hall–Kier alpha value is -0.580. The molecule has 0 saturated carbocycles. The lowest BCUT2D eigenvalue weighted by atomic mass is 10.1. The van der Waals surface area contributed by atoms with Crippen LogP contribution in [0.15, 0.2) is 22.7 Å². The van der Waals surface area contributed by atoms with Gasteiger partial charge in [-0.1, -0.05) is 24.9 Å². The summed E-state index contributed by atoms with van der Waals surface area (Å²) in [6.07, 6.45) is 1.87. The minimum atomic E-state index is -0.136. The molecule has 0 fully saturated rings. The second kappa shape index (κ2) is 6.99. The van der Waals surface area contributed by atoms with Gasteiger partial charge in [-0.25, -0.2) is 0 Å². The molecule has 0 aliphatic heterocycles. The number of nitrogens with one attached hydrogen (secondary N) is 1. The van der Waals surface area contributed by atoms with Gasteiger partial charge < -0.3 is 11.1 Å². The van der Waals surface area contributed by atoms with Crippen molar-refractivity contribution < 1.29 is 4.79 Å². The first-order valence-electron chi connectivity index (χ1n) is 5.54. The summed E-state index contributed by atoms with van der Waals surface area (Å²) in [7, 11) is 0. The van der Waals surface area contributed by atoms with Gasteiger partial charge in [0, 0.05) is 22.6 Å². The lowest BCUT2D eigenvalue weighted by Gasteiger charge is -2.16.